The van der Waals surface area contributed by atoms with Crippen LogP contribution in [0, 0.1) is 0 Å². The van der Waals surface area contributed by atoms with Crippen molar-refractivity contribution in [2.24, 2.45) is 0 Å². The molecule has 2 rings (SSSR count). The summed E-state index contributed by atoms with van der Waals surface area (Å²) in [5.41, 5.74) is -0.0816. The van der Waals surface area contributed by atoms with Crippen LogP contribution in [0.3, 0.4) is 0 Å². The SMILES string of the molecule is CN(C(=O)c1c(O)cccc1O)C1CCC(=O)CC1. The number of rotatable bonds is 2. The van der Waals surface area contributed by atoms with Crippen molar-refractivity contribution in [2.75, 3.05) is 7.05 Å². The summed E-state index contributed by atoms with van der Waals surface area (Å²) >= 11 is 0. The molecule has 0 heterocycles. The highest BCUT2D eigenvalue weighted by Crippen LogP contribution is 2.29. The molecule has 1 aromatic carbocycles. The third-order valence-corrected chi connectivity index (χ3v) is 3.62. The second kappa shape index (κ2) is 5.30. The van der Waals surface area contributed by atoms with E-state index in [0.717, 1.165) is 0 Å². The van der Waals surface area contributed by atoms with Crippen LogP contribution in [0.4, 0.5) is 0 Å². The minimum atomic E-state index is -0.421. The van der Waals surface area contributed by atoms with Crippen LogP contribution >= 0.6 is 0 Å². The van der Waals surface area contributed by atoms with Gasteiger partial charge in [-0.3, -0.25) is 9.59 Å². The zero-order chi connectivity index (χ0) is 14.0. The van der Waals surface area contributed by atoms with Gasteiger partial charge in [0, 0.05) is 25.9 Å². The number of hydrogen-bond acceptors (Lipinski definition) is 4. The summed E-state index contributed by atoms with van der Waals surface area (Å²) in [6.07, 6.45) is 2.23. The lowest BCUT2D eigenvalue weighted by Gasteiger charge is -2.31. The molecule has 0 atom stereocenters. The number of nitrogens with zero attached hydrogens (tertiary/aromatic N) is 1. The first-order chi connectivity index (χ1) is 9.00. The maximum absolute atomic E-state index is 12.3. The van der Waals surface area contributed by atoms with E-state index < -0.39 is 5.91 Å². The second-order valence-corrected chi connectivity index (χ2v) is 4.86. The van der Waals surface area contributed by atoms with Gasteiger partial charge in [0.05, 0.1) is 0 Å². The van der Waals surface area contributed by atoms with Gasteiger partial charge in [0.1, 0.15) is 22.8 Å². The van der Waals surface area contributed by atoms with E-state index in [1.807, 2.05) is 0 Å². The van der Waals surface area contributed by atoms with E-state index in [-0.39, 0.29) is 28.9 Å². The van der Waals surface area contributed by atoms with Gasteiger partial charge in [-0.2, -0.15) is 0 Å². The molecule has 5 heteroatoms. The van der Waals surface area contributed by atoms with E-state index in [4.69, 9.17) is 0 Å². The Morgan fingerprint density at radius 1 is 1.21 bits per heavy atom. The average molecular weight is 263 g/mol. The fourth-order valence-corrected chi connectivity index (χ4v) is 2.40. The first-order valence-corrected chi connectivity index (χ1v) is 6.30. The van der Waals surface area contributed by atoms with Gasteiger partial charge in [0.25, 0.3) is 5.91 Å². The van der Waals surface area contributed by atoms with Gasteiger partial charge in [0.2, 0.25) is 0 Å². The molecule has 0 radical (unpaired) electrons. The van der Waals surface area contributed by atoms with Gasteiger partial charge in [-0.1, -0.05) is 6.07 Å². The van der Waals surface area contributed by atoms with Crippen molar-refractivity contribution in [3.05, 3.63) is 23.8 Å². The maximum atomic E-state index is 12.3. The first kappa shape index (κ1) is 13.4. The molecule has 1 fully saturated rings. The Morgan fingerprint density at radius 2 is 1.74 bits per heavy atom. The number of benzene rings is 1. The number of carbonyl (C=O) groups is 2. The number of amides is 1. The molecule has 0 spiro atoms. The molecule has 0 saturated heterocycles. The van der Waals surface area contributed by atoms with Crippen molar-refractivity contribution in [3.63, 3.8) is 0 Å². The number of phenolic OH excluding ortho intramolecular Hbond substituents is 2. The normalized spacial score (nSPS) is 16.4. The predicted molar refractivity (Wildman–Crippen MR) is 69.1 cm³/mol. The van der Waals surface area contributed by atoms with Gasteiger partial charge in [-0.15, -0.1) is 0 Å². The molecule has 0 aliphatic heterocycles. The molecule has 102 valence electrons. The Hall–Kier alpha value is -2.04. The van der Waals surface area contributed by atoms with Crippen LogP contribution in [0.25, 0.3) is 0 Å². The fraction of sp³-hybridized carbons (Fsp3) is 0.429. The van der Waals surface area contributed by atoms with Crippen LogP contribution in [0.2, 0.25) is 0 Å². The molecule has 0 bridgehead atoms. The summed E-state index contributed by atoms with van der Waals surface area (Å²) in [5.74, 6) is -0.662. The third kappa shape index (κ3) is 2.70. The number of aromatic hydroxyl groups is 2. The molecule has 5 nitrogen and oxygen atoms in total. The third-order valence-electron chi connectivity index (χ3n) is 3.62. The summed E-state index contributed by atoms with van der Waals surface area (Å²) in [7, 11) is 1.63. The largest absolute Gasteiger partial charge is 0.507 e. The highest BCUT2D eigenvalue weighted by molar-refractivity contribution is 5.99. The minimum absolute atomic E-state index is 0.0239. The molecule has 0 unspecified atom stereocenters. The van der Waals surface area contributed by atoms with Gasteiger partial charge in [-0.05, 0) is 25.0 Å². The minimum Gasteiger partial charge on any atom is -0.507 e. The number of Topliss-reactive ketones (excluding diaryl/α,β-unsaturated/α-hetero) is 1. The molecule has 2 N–H and O–H groups in total. The predicted octanol–water partition coefficient (Wildman–Crippen LogP) is 1.68. The quantitative estimate of drug-likeness (QED) is 0.851. The molecule has 1 aliphatic carbocycles. The van der Waals surface area contributed by atoms with E-state index in [1.54, 1.807) is 7.05 Å². The van der Waals surface area contributed by atoms with Crippen LogP contribution in [0.5, 0.6) is 11.5 Å². The smallest absolute Gasteiger partial charge is 0.261 e. The van der Waals surface area contributed by atoms with Crippen LogP contribution in [0.15, 0.2) is 18.2 Å². The lowest BCUT2D eigenvalue weighted by Crippen LogP contribution is -2.39. The van der Waals surface area contributed by atoms with E-state index in [2.05, 4.69) is 0 Å². The average Bonchev–Trinajstić information content (AvgIpc) is 2.38. The van der Waals surface area contributed by atoms with Crippen molar-refractivity contribution in [2.45, 2.75) is 31.7 Å². The van der Waals surface area contributed by atoms with Crippen molar-refractivity contribution in [1.29, 1.82) is 0 Å². The molecule has 19 heavy (non-hydrogen) atoms. The lowest BCUT2D eigenvalue weighted by atomic mass is 9.93. The van der Waals surface area contributed by atoms with Crippen LogP contribution in [-0.4, -0.2) is 39.9 Å². The summed E-state index contributed by atoms with van der Waals surface area (Å²) in [6, 6.07) is 4.18. The Balaban J connectivity index is 2.17. The van der Waals surface area contributed by atoms with E-state index in [9.17, 15) is 19.8 Å². The summed E-state index contributed by atoms with van der Waals surface area (Å²) in [6.45, 7) is 0. The second-order valence-electron chi connectivity index (χ2n) is 4.86. The molecule has 0 aromatic heterocycles. The number of ketones is 1. The Morgan fingerprint density at radius 3 is 2.26 bits per heavy atom. The zero-order valence-electron chi connectivity index (χ0n) is 10.8. The molecular weight excluding hydrogens is 246 g/mol. The summed E-state index contributed by atoms with van der Waals surface area (Å²) < 4.78 is 0. The number of carbonyl (C=O) groups excluding carboxylic acids is 2. The molecule has 1 amide bonds. The molecule has 1 aliphatic rings. The van der Waals surface area contributed by atoms with Crippen LogP contribution in [0.1, 0.15) is 36.0 Å². The fourth-order valence-electron chi connectivity index (χ4n) is 2.40. The topological polar surface area (TPSA) is 77.8 Å². The van der Waals surface area contributed by atoms with Crippen molar-refractivity contribution >= 4 is 11.7 Å². The first-order valence-electron chi connectivity index (χ1n) is 6.30. The van der Waals surface area contributed by atoms with Crippen molar-refractivity contribution < 1.29 is 19.8 Å². The summed E-state index contributed by atoms with van der Waals surface area (Å²) in [4.78, 5) is 25.0. The van der Waals surface area contributed by atoms with Crippen LogP contribution in [-0.2, 0) is 4.79 Å². The van der Waals surface area contributed by atoms with Crippen molar-refractivity contribution in [1.82, 2.24) is 4.90 Å². The molecular formula is C14H17NO4. The van der Waals surface area contributed by atoms with E-state index in [1.165, 1.54) is 23.1 Å². The maximum Gasteiger partial charge on any atom is 0.261 e. The monoisotopic (exact) mass is 263 g/mol. The van der Waals surface area contributed by atoms with Crippen molar-refractivity contribution in [3.8, 4) is 11.5 Å². The number of hydrogen-bond donors (Lipinski definition) is 2. The highest BCUT2D eigenvalue weighted by atomic mass is 16.3. The van der Waals surface area contributed by atoms with E-state index >= 15 is 0 Å². The summed E-state index contributed by atoms with van der Waals surface area (Å²) in [5, 5.41) is 19.4. The standard InChI is InChI=1S/C14H17NO4/c1-15(9-5-7-10(16)8-6-9)14(19)13-11(17)3-2-4-12(13)18/h2-4,9,17-18H,5-8H2,1H3. The number of phenols is 2. The highest BCUT2D eigenvalue weighted by Gasteiger charge is 2.28. The zero-order valence-corrected chi connectivity index (χ0v) is 10.8. The van der Waals surface area contributed by atoms with Gasteiger partial charge < -0.3 is 15.1 Å². The van der Waals surface area contributed by atoms with E-state index in [0.29, 0.717) is 25.7 Å². The van der Waals surface area contributed by atoms with Gasteiger partial charge in [-0.25, -0.2) is 0 Å². The Bertz CT molecular complexity index is 482. The molecule has 1 saturated carbocycles. The lowest BCUT2D eigenvalue weighted by molar-refractivity contribution is -0.121. The van der Waals surface area contributed by atoms with Gasteiger partial charge >= 0.3 is 0 Å². The molecule has 1 aromatic rings. The Kier molecular flexibility index (Phi) is 3.74. The van der Waals surface area contributed by atoms with Crippen LogP contribution < -0.4 is 0 Å². The van der Waals surface area contributed by atoms with Gasteiger partial charge in [0.15, 0.2) is 0 Å². The Labute approximate surface area is 111 Å².